The minimum atomic E-state index is -0.789. The first kappa shape index (κ1) is 14.9. The number of aryl methyl sites for hydroxylation is 1. The Kier molecular flexibility index (Phi) is 4.35. The highest BCUT2D eigenvalue weighted by Crippen LogP contribution is 2.32. The molecule has 0 aromatic heterocycles. The molecule has 0 bridgehead atoms. The molecule has 0 saturated heterocycles. The lowest BCUT2D eigenvalue weighted by Crippen LogP contribution is -2.21. The van der Waals surface area contributed by atoms with Crippen LogP contribution in [0, 0.1) is 24.4 Å². The lowest BCUT2D eigenvalue weighted by Gasteiger charge is -2.20. The third-order valence-electron chi connectivity index (χ3n) is 3.17. The molecule has 0 heterocycles. The van der Waals surface area contributed by atoms with Gasteiger partial charge in [-0.3, -0.25) is 0 Å². The number of nitrogens with one attached hydrogen (secondary N) is 1. The van der Waals surface area contributed by atoms with E-state index in [4.69, 9.17) is 11.6 Å². The first-order chi connectivity index (χ1) is 9.45. The molecule has 1 atom stereocenters. The zero-order valence-electron chi connectivity index (χ0n) is 11.0. The Bertz CT molecular complexity index is 643. The van der Waals surface area contributed by atoms with Crippen LogP contribution in [0.4, 0.5) is 13.2 Å². The summed E-state index contributed by atoms with van der Waals surface area (Å²) in [5.41, 5.74) is 0.625. The molecule has 0 radical (unpaired) electrons. The number of rotatable bonds is 3. The van der Waals surface area contributed by atoms with E-state index < -0.39 is 23.5 Å². The molecule has 0 saturated carbocycles. The third kappa shape index (κ3) is 2.67. The number of hydrogen-bond acceptors (Lipinski definition) is 1. The van der Waals surface area contributed by atoms with Crippen LogP contribution in [0.1, 0.15) is 22.7 Å². The fourth-order valence-corrected chi connectivity index (χ4v) is 2.41. The standard InChI is InChI=1S/C15H13ClF3N/c1-8-3-6-12(18)13(14(8)19)15(20-2)10-5-4-9(17)7-11(10)16/h3-7,15,20H,1-2H3. The number of halogens is 4. The van der Waals surface area contributed by atoms with E-state index in [0.29, 0.717) is 11.1 Å². The maximum Gasteiger partial charge on any atom is 0.134 e. The summed E-state index contributed by atoms with van der Waals surface area (Å²) in [4.78, 5) is 0. The van der Waals surface area contributed by atoms with Crippen LogP contribution in [0.25, 0.3) is 0 Å². The Morgan fingerprint density at radius 3 is 2.40 bits per heavy atom. The van der Waals surface area contributed by atoms with Gasteiger partial charge in [-0.15, -0.1) is 0 Å². The molecule has 0 fully saturated rings. The van der Waals surface area contributed by atoms with Crippen LogP contribution in [0.3, 0.4) is 0 Å². The van der Waals surface area contributed by atoms with Crippen molar-refractivity contribution < 1.29 is 13.2 Å². The van der Waals surface area contributed by atoms with Gasteiger partial charge in [0.1, 0.15) is 17.5 Å². The highest BCUT2D eigenvalue weighted by atomic mass is 35.5. The molecule has 20 heavy (non-hydrogen) atoms. The lowest BCUT2D eigenvalue weighted by atomic mass is 9.96. The first-order valence-corrected chi connectivity index (χ1v) is 6.40. The van der Waals surface area contributed by atoms with Crippen molar-refractivity contribution in [1.29, 1.82) is 0 Å². The molecule has 106 valence electrons. The molecule has 1 nitrogen and oxygen atoms in total. The van der Waals surface area contributed by atoms with Gasteiger partial charge >= 0.3 is 0 Å². The zero-order chi connectivity index (χ0) is 14.9. The van der Waals surface area contributed by atoms with Crippen LogP contribution in [0.15, 0.2) is 30.3 Å². The smallest absolute Gasteiger partial charge is 0.134 e. The van der Waals surface area contributed by atoms with E-state index >= 15 is 0 Å². The summed E-state index contributed by atoms with van der Waals surface area (Å²) in [6.07, 6.45) is 0. The van der Waals surface area contributed by atoms with Crippen LogP contribution in [0.2, 0.25) is 5.02 Å². The van der Waals surface area contributed by atoms with Gasteiger partial charge in [0, 0.05) is 10.6 Å². The SMILES string of the molecule is CNC(c1ccc(F)cc1Cl)c1c(F)ccc(C)c1F. The van der Waals surface area contributed by atoms with Crippen molar-refractivity contribution in [2.75, 3.05) is 7.05 Å². The minimum absolute atomic E-state index is 0.115. The van der Waals surface area contributed by atoms with E-state index in [0.717, 1.165) is 6.07 Å². The van der Waals surface area contributed by atoms with Crippen LogP contribution < -0.4 is 5.32 Å². The largest absolute Gasteiger partial charge is 0.309 e. The Labute approximate surface area is 120 Å². The maximum atomic E-state index is 14.2. The molecule has 0 amide bonds. The van der Waals surface area contributed by atoms with Crippen molar-refractivity contribution in [2.24, 2.45) is 0 Å². The predicted octanol–water partition coefficient (Wildman–Crippen LogP) is 4.37. The van der Waals surface area contributed by atoms with Gasteiger partial charge in [-0.1, -0.05) is 23.7 Å². The molecule has 0 aliphatic carbocycles. The maximum absolute atomic E-state index is 14.2. The monoisotopic (exact) mass is 299 g/mol. The van der Waals surface area contributed by atoms with Gasteiger partial charge in [-0.05, 0) is 43.3 Å². The molecule has 0 spiro atoms. The van der Waals surface area contributed by atoms with Crippen LogP contribution in [-0.4, -0.2) is 7.05 Å². The molecule has 2 rings (SSSR count). The van der Waals surface area contributed by atoms with E-state index in [9.17, 15) is 13.2 Å². The minimum Gasteiger partial charge on any atom is -0.309 e. The van der Waals surface area contributed by atoms with E-state index in [1.54, 1.807) is 14.0 Å². The van der Waals surface area contributed by atoms with Crippen LogP contribution in [0.5, 0.6) is 0 Å². The first-order valence-electron chi connectivity index (χ1n) is 6.02. The third-order valence-corrected chi connectivity index (χ3v) is 3.50. The zero-order valence-corrected chi connectivity index (χ0v) is 11.7. The van der Waals surface area contributed by atoms with Crippen LogP contribution >= 0.6 is 11.6 Å². The highest BCUT2D eigenvalue weighted by Gasteiger charge is 2.23. The van der Waals surface area contributed by atoms with Gasteiger partial charge in [-0.25, -0.2) is 13.2 Å². The molecule has 1 N–H and O–H groups in total. The van der Waals surface area contributed by atoms with Gasteiger partial charge in [-0.2, -0.15) is 0 Å². The fraction of sp³-hybridized carbons (Fsp3) is 0.200. The second kappa shape index (κ2) is 5.85. The van der Waals surface area contributed by atoms with E-state index in [2.05, 4.69) is 5.32 Å². The molecule has 0 aliphatic heterocycles. The Morgan fingerprint density at radius 2 is 1.80 bits per heavy atom. The molecule has 2 aromatic carbocycles. The summed E-state index contributed by atoms with van der Waals surface area (Å²) in [7, 11) is 1.56. The van der Waals surface area contributed by atoms with Crippen molar-refractivity contribution in [3.8, 4) is 0 Å². The summed E-state index contributed by atoms with van der Waals surface area (Å²) in [6, 6.07) is 5.52. The highest BCUT2D eigenvalue weighted by molar-refractivity contribution is 6.31. The summed E-state index contributed by atoms with van der Waals surface area (Å²) >= 11 is 5.97. The average molecular weight is 300 g/mol. The van der Waals surface area contributed by atoms with Crippen molar-refractivity contribution >= 4 is 11.6 Å². The van der Waals surface area contributed by atoms with Crippen molar-refractivity contribution in [3.63, 3.8) is 0 Å². The Morgan fingerprint density at radius 1 is 1.10 bits per heavy atom. The summed E-state index contributed by atoms with van der Waals surface area (Å²) < 4.78 is 41.3. The van der Waals surface area contributed by atoms with Gasteiger partial charge in [0.2, 0.25) is 0 Å². The normalized spacial score (nSPS) is 12.5. The van der Waals surface area contributed by atoms with Gasteiger partial charge in [0.15, 0.2) is 0 Å². The predicted molar refractivity (Wildman–Crippen MR) is 73.4 cm³/mol. The van der Waals surface area contributed by atoms with Crippen molar-refractivity contribution in [3.05, 3.63) is 69.5 Å². The molecular weight excluding hydrogens is 287 g/mol. The Balaban J connectivity index is 2.61. The second-order valence-electron chi connectivity index (χ2n) is 4.48. The average Bonchev–Trinajstić information content (AvgIpc) is 2.40. The molecule has 1 unspecified atom stereocenters. The molecule has 0 aliphatic rings. The van der Waals surface area contributed by atoms with Gasteiger partial charge < -0.3 is 5.32 Å². The molecule has 5 heteroatoms. The van der Waals surface area contributed by atoms with Gasteiger partial charge in [0.05, 0.1) is 6.04 Å². The molecular formula is C15H13ClF3N. The quantitative estimate of drug-likeness (QED) is 0.887. The number of benzene rings is 2. The van der Waals surface area contributed by atoms with E-state index in [1.807, 2.05) is 0 Å². The van der Waals surface area contributed by atoms with Crippen molar-refractivity contribution in [2.45, 2.75) is 13.0 Å². The number of hydrogen-bond donors (Lipinski definition) is 1. The Hall–Kier alpha value is -1.52. The summed E-state index contributed by atoms with van der Waals surface area (Å²) in [5.74, 6) is -1.81. The summed E-state index contributed by atoms with van der Waals surface area (Å²) in [5, 5.41) is 2.93. The van der Waals surface area contributed by atoms with Gasteiger partial charge in [0.25, 0.3) is 0 Å². The second-order valence-corrected chi connectivity index (χ2v) is 4.89. The lowest BCUT2D eigenvalue weighted by molar-refractivity contribution is 0.517. The van der Waals surface area contributed by atoms with Crippen LogP contribution in [-0.2, 0) is 0 Å². The topological polar surface area (TPSA) is 12.0 Å². The van der Waals surface area contributed by atoms with Crippen molar-refractivity contribution in [1.82, 2.24) is 5.32 Å². The molecule has 2 aromatic rings. The van der Waals surface area contributed by atoms with E-state index in [-0.39, 0.29) is 10.6 Å². The summed E-state index contributed by atoms with van der Waals surface area (Å²) in [6.45, 7) is 1.55. The fourth-order valence-electron chi connectivity index (χ4n) is 2.13. The van der Waals surface area contributed by atoms with E-state index in [1.165, 1.54) is 24.3 Å².